The lowest BCUT2D eigenvalue weighted by molar-refractivity contribution is 0.239. The first-order valence-corrected chi connectivity index (χ1v) is 7.59. The zero-order chi connectivity index (χ0) is 13.4. The van der Waals surface area contributed by atoms with Crippen molar-refractivity contribution in [1.82, 2.24) is 15.1 Å². The number of dihydropyridines is 1. The average Bonchev–Trinajstić information content (AvgIpc) is 2.84. The molecule has 20 heavy (non-hydrogen) atoms. The molecule has 1 aromatic rings. The van der Waals surface area contributed by atoms with Crippen LogP contribution in [-0.4, -0.2) is 47.5 Å². The summed E-state index contributed by atoms with van der Waals surface area (Å²) < 4.78 is 0. The van der Waals surface area contributed by atoms with Crippen LogP contribution >= 0.6 is 0 Å². The number of hydrogen-bond donors (Lipinski definition) is 0. The molecule has 3 unspecified atom stereocenters. The smallest absolute Gasteiger partial charge is 0.0753 e. The second-order valence-corrected chi connectivity index (χ2v) is 6.22. The first-order chi connectivity index (χ1) is 9.86. The molecule has 3 atom stereocenters. The molecule has 4 rings (SSSR count). The van der Waals surface area contributed by atoms with E-state index >= 15 is 0 Å². The zero-order valence-corrected chi connectivity index (χ0v) is 11.7. The Morgan fingerprint density at radius 1 is 1.15 bits per heavy atom. The standard InChI is InChI=1S/C16H20N4/c1-3-13(11-17-8-1)14-4-5-15(19-18-14)16-6-2-9-20(12-16)10-7-16/h1,3-5,11,13H,2,6-10,12H2. The third kappa shape index (κ3) is 1.99. The van der Waals surface area contributed by atoms with Crippen molar-refractivity contribution in [3.63, 3.8) is 0 Å². The molecule has 4 nitrogen and oxygen atoms in total. The molecule has 0 saturated carbocycles. The molecule has 2 bridgehead atoms. The number of hydrogen-bond acceptors (Lipinski definition) is 4. The Balaban J connectivity index is 1.60. The normalized spacial score (nSPS) is 35.4. The molecule has 4 heterocycles. The molecule has 104 valence electrons. The molecule has 2 fully saturated rings. The van der Waals surface area contributed by atoms with Gasteiger partial charge in [0.1, 0.15) is 0 Å². The Bertz CT molecular complexity index is 532. The molecule has 1 aromatic heterocycles. The fourth-order valence-corrected chi connectivity index (χ4v) is 3.80. The molecule has 3 aliphatic rings. The van der Waals surface area contributed by atoms with Crippen LogP contribution in [0.25, 0.3) is 0 Å². The molecule has 0 aromatic carbocycles. The molecule has 2 saturated heterocycles. The molecule has 3 aliphatic heterocycles. The first kappa shape index (κ1) is 12.2. The second-order valence-electron chi connectivity index (χ2n) is 6.22. The van der Waals surface area contributed by atoms with Crippen molar-refractivity contribution in [3.05, 3.63) is 35.7 Å². The van der Waals surface area contributed by atoms with Crippen LogP contribution < -0.4 is 0 Å². The van der Waals surface area contributed by atoms with Gasteiger partial charge < -0.3 is 4.90 Å². The number of fused-ring (bicyclic) bond motifs is 2. The lowest BCUT2D eigenvalue weighted by Crippen LogP contribution is -2.37. The van der Waals surface area contributed by atoms with Gasteiger partial charge in [-0.1, -0.05) is 12.2 Å². The van der Waals surface area contributed by atoms with E-state index in [9.17, 15) is 0 Å². The second kappa shape index (κ2) is 4.77. The lowest BCUT2D eigenvalue weighted by atomic mass is 9.78. The highest BCUT2D eigenvalue weighted by Crippen LogP contribution is 2.41. The minimum Gasteiger partial charge on any atom is -0.302 e. The summed E-state index contributed by atoms with van der Waals surface area (Å²) in [5.74, 6) is 0.203. The van der Waals surface area contributed by atoms with Gasteiger partial charge in [-0.3, -0.25) is 4.99 Å². The predicted molar refractivity (Wildman–Crippen MR) is 79.2 cm³/mol. The fourth-order valence-electron chi connectivity index (χ4n) is 3.80. The Morgan fingerprint density at radius 3 is 2.95 bits per heavy atom. The van der Waals surface area contributed by atoms with Crippen LogP contribution in [0.2, 0.25) is 0 Å². The zero-order valence-electron chi connectivity index (χ0n) is 11.7. The average molecular weight is 268 g/mol. The summed E-state index contributed by atoms with van der Waals surface area (Å²) in [6, 6.07) is 4.34. The molecule has 0 N–H and O–H groups in total. The Kier molecular flexibility index (Phi) is 2.91. The van der Waals surface area contributed by atoms with Gasteiger partial charge in [0.05, 0.1) is 23.9 Å². The molecule has 0 aliphatic carbocycles. The van der Waals surface area contributed by atoms with Gasteiger partial charge in [-0.05, 0) is 44.5 Å². The van der Waals surface area contributed by atoms with Gasteiger partial charge in [0.25, 0.3) is 0 Å². The van der Waals surface area contributed by atoms with Gasteiger partial charge in [0.15, 0.2) is 0 Å². The van der Waals surface area contributed by atoms with Crippen LogP contribution in [0.1, 0.15) is 36.6 Å². The maximum absolute atomic E-state index is 4.58. The molecular formula is C16H20N4. The van der Waals surface area contributed by atoms with Gasteiger partial charge in [-0.15, -0.1) is 0 Å². The van der Waals surface area contributed by atoms with Crippen molar-refractivity contribution in [2.45, 2.75) is 30.6 Å². The van der Waals surface area contributed by atoms with Crippen molar-refractivity contribution in [1.29, 1.82) is 0 Å². The Labute approximate surface area is 119 Å². The maximum Gasteiger partial charge on any atom is 0.0753 e. The van der Waals surface area contributed by atoms with E-state index in [1.807, 2.05) is 6.21 Å². The molecule has 4 heteroatoms. The van der Waals surface area contributed by atoms with Crippen LogP contribution in [0.5, 0.6) is 0 Å². The molecular weight excluding hydrogens is 248 g/mol. The third-order valence-corrected chi connectivity index (χ3v) is 4.95. The van der Waals surface area contributed by atoms with Gasteiger partial charge >= 0.3 is 0 Å². The number of aliphatic imine (C=N–C) groups is 1. The summed E-state index contributed by atoms with van der Waals surface area (Å²) in [5, 5.41) is 9.05. The Hall–Kier alpha value is -1.55. The third-order valence-electron chi connectivity index (χ3n) is 4.95. The Morgan fingerprint density at radius 2 is 2.15 bits per heavy atom. The van der Waals surface area contributed by atoms with E-state index in [4.69, 9.17) is 0 Å². The van der Waals surface area contributed by atoms with Gasteiger partial charge in [0.2, 0.25) is 0 Å². The van der Waals surface area contributed by atoms with Crippen molar-refractivity contribution in [3.8, 4) is 0 Å². The van der Waals surface area contributed by atoms with Crippen molar-refractivity contribution in [2.75, 3.05) is 26.2 Å². The van der Waals surface area contributed by atoms with Crippen molar-refractivity contribution < 1.29 is 0 Å². The first-order valence-electron chi connectivity index (χ1n) is 7.59. The van der Waals surface area contributed by atoms with Crippen LogP contribution in [0.15, 0.2) is 29.3 Å². The van der Waals surface area contributed by atoms with E-state index in [0.717, 1.165) is 12.2 Å². The molecule has 0 amide bonds. The summed E-state index contributed by atoms with van der Waals surface area (Å²) in [5.41, 5.74) is 2.48. The number of rotatable bonds is 2. The quantitative estimate of drug-likeness (QED) is 0.770. The highest BCUT2D eigenvalue weighted by molar-refractivity contribution is 5.70. The monoisotopic (exact) mass is 268 g/mol. The van der Waals surface area contributed by atoms with E-state index in [2.05, 4.69) is 44.4 Å². The van der Waals surface area contributed by atoms with Crippen LogP contribution in [0.3, 0.4) is 0 Å². The summed E-state index contributed by atoms with van der Waals surface area (Å²) in [4.78, 5) is 6.86. The summed E-state index contributed by atoms with van der Waals surface area (Å²) >= 11 is 0. The van der Waals surface area contributed by atoms with Gasteiger partial charge in [-0.2, -0.15) is 10.2 Å². The predicted octanol–water partition coefficient (Wildman–Crippen LogP) is 1.94. The van der Waals surface area contributed by atoms with E-state index in [0.29, 0.717) is 0 Å². The van der Waals surface area contributed by atoms with E-state index in [1.165, 1.54) is 44.6 Å². The minimum absolute atomic E-state index is 0.203. The number of piperidine rings is 1. The number of allylic oxidation sites excluding steroid dienone is 1. The minimum atomic E-state index is 0.203. The lowest BCUT2D eigenvalue weighted by Gasteiger charge is -2.33. The van der Waals surface area contributed by atoms with Gasteiger partial charge in [-0.25, -0.2) is 0 Å². The van der Waals surface area contributed by atoms with Crippen molar-refractivity contribution in [2.24, 2.45) is 4.99 Å². The fraction of sp³-hybridized carbons (Fsp3) is 0.562. The summed E-state index contributed by atoms with van der Waals surface area (Å²) in [6.07, 6.45) is 10.0. The van der Waals surface area contributed by atoms with Crippen LogP contribution in [-0.2, 0) is 5.41 Å². The summed E-state index contributed by atoms with van der Waals surface area (Å²) in [7, 11) is 0. The van der Waals surface area contributed by atoms with E-state index < -0.39 is 0 Å². The topological polar surface area (TPSA) is 41.4 Å². The number of aromatic nitrogens is 2. The van der Waals surface area contributed by atoms with Gasteiger partial charge in [0, 0.05) is 18.2 Å². The van der Waals surface area contributed by atoms with E-state index in [-0.39, 0.29) is 11.3 Å². The van der Waals surface area contributed by atoms with E-state index in [1.54, 1.807) is 0 Å². The highest BCUT2D eigenvalue weighted by Gasteiger charge is 2.43. The largest absolute Gasteiger partial charge is 0.302 e. The van der Waals surface area contributed by atoms with Crippen LogP contribution in [0.4, 0.5) is 0 Å². The molecule has 0 radical (unpaired) electrons. The summed E-state index contributed by atoms with van der Waals surface area (Å²) in [6.45, 7) is 4.45. The van der Waals surface area contributed by atoms with Crippen molar-refractivity contribution >= 4 is 6.21 Å². The maximum atomic E-state index is 4.58. The van der Waals surface area contributed by atoms with Crippen LogP contribution in [0, 0.1) is 0 Å². The number of nitrogens with zero attached hydrogens (tertiary/aromatic N) is 4. The highest BCUT2D eigenvalue weighted by atomic mass is 15.2. The SMILES string of the molecule is C1=CC(c2ccc(C34CCCN(CC3)C4)nn2)C=NC1. The molecule has 0 spiro atoms.